The molecule has 1 fully saturated rings. The predicted molar refractivity (Wildman–Crippen MR) is 111 cm³/mol. The van der Waals surface area contributed by atoms with E-state index in [-0.39, 0.29) is 23.2 Å². The number of rotatable bonds is 7. The van der Waals surface area contributed by atoms with Gasteiger partial charge in [0.1, 0.15) is 11.4 Å². The molecule has 1 aliphatic rings. The molecule has 0 saturated carbocycles. The molecule has 1 aliphatic heterocycles. The lowest BCUT2D eigenvalue weighted by Gasteiger charge is -2.17. The van der Waals surface area contributed by atoms with Crippen molar-refractivity contribution in [3.05, 3.63) is 53.9 Å². The molecule has 2 aromatic rings. The molecule has 2 amide bonds. The molecule has 0 bridgehead atoms. The van der Waals surface area contributed by atoms with Gasteiger partial charge in [0.05, 0.1) is 0 Å². The fourth-order valence-corrected chi connectivity index (χ4v) is 3.10. The van der Waals surface area contributed by atoms with E-state index in [1.54, 1.807) is 18.2 Å². The number of benzene rings is 1. The Balaban J connectivity index is 1.60. The van der Waals surface area contributed by atoms with Gasteiger partial charge in [-0.15, -0.1) is 0 Å². The van der Waals surface area contributed by atoms with Gasteiger partial charge in [-0.25, -0.2) is 4.98 Å². The maximum Gasteiger partial charge on any atom is 0.274 e. The van der Waals surface area contributed by atoms with Crippen molar-refractivity contribution in [3.8, 4) is 0 Å². The number of carbonyl (C=O) groups excluding carboxylic acids is 2. The third kappa shape index (κ3) is 5.29. The summed E-state index contributed by atoms with van der Waals surface area (Å²) in [5.74, 6) is -0.622. The van der Waals surface area contributed by atoms with Crippen molar-refractivity contribution < 1.29 is 9.59 Å². The van der Waals surface area contributed by atoms with Crippen LogP contribution in [0.15, 0.2) is 42.5 Å². The zero-order valence-corrected chi connectivity index (χ0v) is 16.4. The van der Waals surface area contributed by atoms with Crippen LogP contribution in [0.2, 0.25) is 0 Å². The van der Waals surface area contributed by atoms with Crippen LogP contribution >= 0.6 is 0 Å². The Morgan fingerprint density at radius 2 is 1.64 bits per heavy atom. The van der Waals surface area contributed by atoms with E-state index >= 15 is 0 Å². The molecule has 0 atom stereocenters. The molecule has 0 radical (unpaired) electrons. The highest BCUT2D eigenvalue weighted by Crippen LogP contribution is 2.22. The van der Waals surface area contributed by atoms with Gasteiger partial charge >= 0.3 is 0 Å². The van der Waals surface area contributed by atoms with Gasteiger partial charge in [0.15, 0.2) is 0 Å². The molecule has 1 aromatic heterocycles. The normalized spacial score (nSPS) is 13.6. The number of carbonyl (C=O) groups is 2. The summed E-state index contributed by atoms with van der Waals surface area (Å²) in [6.07, 6.45) is 2.45. The van der Waals surface area contributed by atoms with E-state index in [2.05, 4.69) is 20.5 Å². The summed E-state index contributed by atoms with van der Waals surface area (Å²) in [6.45, 7) is 3.42. The van der Waals surface area contributed by atoms with Gasteiger partial charge in [-0.3, -0.25) is 9.59 Å². The standard InChI is InChI=1S/C21H27N5O2/c1-25(2)15-12-22-20(27)18-6-5-7-19(24-18)21(28)23-16-8-10-17(11-9-16)26-13-3-4-14-26/h5-11H,3-4,12-15H2,1-2H3,(H,22,27)(H,23,28). The van der Waals surface area contributed by atoms with Crippen LogP contribution < -0.4 is 15.5 Å². The highest BCUT2D eigenvalue weighted by molar-refractivity contribution is 6.03. The first-order valence-electron chi connectivity index (χ1n) is 9.59. The van der Waals surface area contributed by atoms with Crippen molar-refractivity contribution in [2.24, 2.45) is 0 Å². The van der Waals surface area contributed by atoms with Crippen molar-refractivity contribution in [3.63, 3.8) is 0 Å². The molecular formula is C21H27N5O2. The van der Waals surface area contributed by atoms with Crippen molar-refractivity contribution in [1.29, 1.82) is 0 Å². The van der Waals surface area contributed by atoms with E-state index < -0.39 is 0 Å². The second-order valence-corrected chi connectivity index (χ2v) is 7.16. The minimum Gasteiger partial charge on any atom is -0.372 e. The van der Waals surface area contributed by atoms with Crippen molar-refractivity contribution in [1.82, 2.24) is 15.2 Å². The Bertz CT molecular complexity index is 814. The lowest BCUT2D eigenvalue weighted by Crippen LogP contribution is -2.32. The molecule has 1 saturated heterocycles. The first-order valence-corrected chi connectivity index (χ1v) is 9.59. The van der Waals surface area contributed by atoms with Gasteiger partial charge in [-0.1, -0.05) is 6.07 Å². The van der Waals surface area contributed by atoms with E-state index in [9.17, 15) is 9.59 Å². The first kappa shape index (κ1) is 19.8. The lowest BCUT2D eigenvalue weighted by atomic mass is 10.2. The minimum atomic E-state index is -0.336. The number of nitrogens with one attached hydrogen (secondary N) is 2. The molecule has 7 nitrogen and oxygen atoms in total. The number of hydrogen-bond donors (Lipinski definition) is 2. The number of aromatic nitrogens is 1. The van der Waals surface area contributed by atoms with E-state index in [0.717, 1.165) is 19.6 Å². The summed E-state index contributed by atoms with van der Waals surface area (Å²) in [6, 6.07) is 12.7. The molecule has 3 rings (SSSR count). The summed E-state index contributed by atoms with van der Waals surface area (Å²) in [5.41, 5.74) is 2.32. The van der Waals surface area contributed by atoms with Crippen LogP contribution in [-0.2, 0) is 0 Å². The van der Waals surface area contributed by atoms with Crippen LogP contribution in [0.1, 0.15) is 33.8 Å². The van der Waals surface area contributed by atoms with Gasteiger partial charge in [0.2, 0.25) is 0 Å². The molecule has 1 aromatic carbocycles. The van der Waals surface area contributed by atoms with Crippen LogP contribution in [0.3, 0.4) is 0 Å². The number of hydrogen-bond acceptors (Lipinski definition) is 5. The smallest absolute Gasteiger partial charge is 0.274 e. The van der Waals surface area contributed by atoms with Gasteiger partial charge in [-0.05, 0) is 63.3 Å². The van der Waals surface area contributed by atoms with Crippen molar-refractivity contribution in [2.75, 3.05) is 50.5 Å². The number of pyridine rings is 1. The largest absolute Gasteiger partial charge is 0.372 e. The van der Waals surface area contributed by atoms with E-state index in [1.807, 2.05) is 43.3 Å². The van der Waals surface area contributed by atoms with E-state index in [0.29, 0.717) is 12.2 Å². The molecule has 0 aliphatic carbocycles. The summed E-state index contributed by atoms with van der Waals surface area (Å²) >= 11 is 0. The van der Waals surface area contributed by atoms with Crippen molar-refractivity contribution in [2.45, 2.75) is 12.8 Å². The predicted octanol–water partition coefficient (Wildman–Crippen LogP) is 2.23. The van der Waals surface area contributed by atoms with Gasteiger partial charge in [0, 0.05) is 37.6 Å². The zero-order chi connectivity index (χ0) is 19.9. The summed E-state index contributed by atoms with van der Waals surface area (Å²) < 4.78 is 0. The Morgan fingerprint density at radius 1 is 1.00 bits per heavy atom. The molecular weight excluding hydrogens is 354 g/mol. The van der Waals surface area contributed by atoms with Crippen LogP contribution in [-0.4, -0.2) is 62.0 Å². The van der Waals surface area contributed by atoms with Crippen LogP contribution in [0, 0.1) is 0 Å². The van der Waals surface area contributed by atoms with Gasteiger partial charge in [-0.2, -0.15) is 0 Å². The summed E-state index contributed by atoms with van der Waals surface area (Å²) in [7, 11) is 3.88. The van der Waals surface area contributed by atoms with Crippen LogP contribution in [0.5, 0.6) is 0 Å². The molecule has 7 heteroatoms. The third-order valence-corrected chi connectivity index (χ3v) is 4.66. The molecule has 148 valence electrons. The molecule has 0 spiro atoms. The average molecular weight is 381 g/mol. The third-order valence-electron chi connectivity index (χ3n) is 4.66. The monoisotopic (exact) mass is 381 g/mol. The fourth-order valence-electron chi connectivity index (χ4n) is 3.10. The quantitative estimate of drug-likeness (QED) is 0.769. The average Bonchev–Trinajstić information content (AvgIpc) is 3.23. The second-order valence-electron chi connectivity index (χ2n) is 7.16. The Hall–Kier alpha value is -2.93. The lowest BCUT2D eigenvalue weighted by molar-refractivity contribution is 0.0946. The topological polar surface area (TPSA) is 77.6 Å². The first-order chi connectivity index (χ1) is 13.5. The summed E-state index contributed by atoms with van der Waals surface area (Å²) in [5, 5.41) is 5.64. The number of amides is 2. The van der Waals surface area contributed by atoms with Crippen LogP contribution in [0.25, 0.3) is 0 Å². The number of likely N-dealkylation sites (N-methyl/N-ethyl adjacent to an activating group) is 1. The Kier molecular flexibility index (Phi) is 6.60. The molecule has 0 unspecified atom stereocenters. The van der Waals surface area contributed by atoms with Gasteiger partial charge < -0.3 is 20.4 Å². The van der Waals surface area contributed by atoms with Crippen molar-refractivity contribution >= 4 is 23.2 Å². The Labute approximate surface area is 165 Å². The SMILES string of the molecule is CN(C)CCNC(=O)c1cccc(C(=O)Nc2ccc(N3CCCC3)cc2)n1. The molecule has 28 heavy (non-hydrogen) atoms. The highest BCUT2D eigenvalue weighted by atomic mass is 16.2. The van der Waals surface area contributed by atoms with E-state index in [1.165, 1.54) is 18.5 Å². The van der Waals surface area contributed by atoms with E-state index in [4.69, 9.17) is 0 Å². The molecule has 2 heterocycles. The maximum atomic E-state index is 12.5. The highest BCUT2D eigenvalue weighted by Gasteiger charge is 2.14. The van der Waals surface area contributed by atoms with Gasteiger partial charge in [0.25, 0.3) is 11.8 Å². The summed E-state index contributed by atoms with van der Waals surface area (Å²) in [4.78, 5) is 33.2. The minimum absolute atomic E-state index is 0.212. The molecule has 2 N–H and O–H groups in total. The fraction of sp³-hybridized carbons (Fsp3) is 0.381. The maximum absolute atomic E-state index is 12.5. The number of anilines is 2. The number of nitrogens with zero attached hydrogens (tertiary/aromatic N) is 3. The zero-order valence-electron chi connectivity index (χ0n) is 16.4. The Morgan fingerprint density at radius 3 is 2.29 bits per heavy atom. The second kappa shape index (κ2) is 9.32. The van der Waals surface area contributed by atoms with Crippen LogP contribution in [0.4, 0.5) is 11.4 Å².